The number of hydrogen-bond acceptors (Lipinski definition) is 1. The van der Waals surface area contributed by atoms with Crippen molar-refractivity contribution in [3.8, 4) is 0 Å². The van der Waals surface area contributed by atoms with Crippen molar-refractivity contribution in [2.45, 2.75) is 33.2 Å². The minimum absolute atomic E-state index is 0.0656. The molecule has 0 radical (unpaired) electrons. The van der Waals surface area contributed by atoms with Gasteiger partial charge in [0.2, 0.25) is 0 Å². The fraction of sp³-hybridized carbons (Fsp3) is 0.263. The van der Waals surface area contributed by atoms with Crippen LogP contribution in [0.2, 0.25) is 0 Å². The molecular weight excluding hydrogens is 242 g/mol. The summed E-state index contributed by atoms with van der Waals surface area (Å²) < 4.78 is 0. The molecule has 0 atom stereocenters. The second kappa shape index (κ2) is 4.24. The summed E-state index contributed by atoms with van der Waals surface area (Å²) in [5.74, 6) is 0. The Hall–Kier alpha value is -2.02. The van der Waals surface area contributed by atoms with Gasteiger partial charge in [0.05, 0.1) is 5.54 Å². The summed E-state index contributed by atoms with van der Waals surface area (Å²) in [5.41, 5.74) is 7.63. The van der Waals surface area contributed by atoms with Gasteiger partial charge in [-0.25, -0.2) is 0 Å². The van der Waals surface area contributed by atoms with Crippen LogP contribution in [0, 0.1) is 13.8 Å². The van der Waals surface area contributed by atoms with Crippen LogP contribution in [0.25, 0.3) is 5.70 Å². The Morgan fingerprint density at radius 2 is 1.50 bits per heavy atom. The highest BCUT2D eigenvalue weighted by Crippen LogP contribution is 2.49. The standard InChI is InChI=1S/C19H21N/c1-13-11-12-14(2)18-17(13)15(3)20(19(18,4)5)16-9-7-6-8-10-16/h6-12H,3H2,1-2,4-5H3. The Labute approximate surface area is 121 Å². The van der Waals surface area contributed by atoms with Crippen LogP contribution in [-0.4, -0.2) is 0 Å². The number of para-hydroxylation sites is 1. The van der Waals surface area contributed by atoms with E-state index >= 15 is 0 Å². The van der Waals surface area contributed by atoms with Gasteiger partial charge < -0.3 is 4.90 Å². The SMILES string of the molecule is C=C1c2c(C)ccc(C)c2C(C)(C)N1c1ccccc1. The molecule has 0 fully saturated rings. The van der Waals surface area contributed by atoms with Crippen LogP contribution in [-0.2, 0) is 5.54 Å². The quantitative estimate of drug-likeness (QED) is 0.697. The summed E-state index contributed by atoms with van der Waals surface area (Å²) in [7, 11) is 0. The van der Waals surface area contributed by atoms with Crippen LogP contribution in [0.5, 0.6) is 0 Å². The van der Waals surface area contributed by atoms with Crippen LogP contribution >= 0.6 is 0 Å². The number of hydrogen-bond donors (Lipinski definition) is 0. The van der Waals surface area contributed by atoms with E-state index in [2.05, 4.69) is 81.6 Å². The smallest absolute Gasteiger partial charge is 0.0655 e. The molecule has 0 unspecified atom stereocenters. The van der Waals surface area contributed by atoms with Gasteiger partial charge in [0.15, 0.2) is 0 Å². The first-order chi connectivity index (χ1) is 9.44. The van der Waals surface area contributed by atoms with E-state index in [0.717, 1.165) is 5.70 Å². The minimum atomic E-state index is -0.0656. The lowest BCUT2D eigenvalue weighted by atomic mass is 9.87. The van der Waals surface area contributed by atoms with Gasteiger partial charge in [0, 0.05) is 16.9 Å². The molecule has 1 nitrogen and oxygen atoms in total. The van der Waals surface area contributed by atoms with Crippen LogP contribution in [0.4, 0.5) is 5.69 Å². The van der Waals surface area contributed by atoms with Crippen molar-refractivity contribution < 1.29 is 0 Å². The number of rotatable bonds is 1. The number of fused-ring (bicyclic) bond motifs is 1. The van der Waals surface area contributed by atoms with Gasteiger partial charge in [-0.1, -0.05) is 36.9 Å². The normalized spacial score (nSPS) is 16.4. The molecule has 1 heteroatoms. The molecule has 0 aliphatic carbocycles. The molecule has 1 aliphatic heterocycles. The predicted octanol–water partition coefficient (Wildman–Crippen LogP) is 5.03. The summed E-state index contributed by atoms with van der Waals surface area (Å²) in [5, 5.41) is 0. The molecule has 0 aromatic heterocycles. The topological polar surface area (TPSA) is 3.24 Å². The number of anilines is 1. The third-order valence-corrected chi connectivity index (χ3v) is 4.37. The van der Waals surface area contributed by atoms with E-state index in [4.69, 9.17) is 0 Å². The van der Waals surface area contributed by atoms with Gasteiger partial charge in [-0.2, -0.15) is 0 Å². The molecular formula is C19H21N. The molecule has 102 valence electrons. The number of benzene rings is 2. The molecule has 0 spiro atoms. The highest BCUT2D eigenvalue weighted by molar-refractivity contribution is 5.89. The van der Waals surface area contributed by atoms with Crippen LogP contribution in [0.15, 0.2) is 49.0 Å². The Bertz CT molecular complexity index is 680. The van der Waals surface area contributed by atoms with Crippen molar-refractivity contribution in [1.29, 1.82) is 0 Å². The van der Waals surface area contributed by atoms with E-state index in [9.17, 15) is 0 Å². The third-order valence-electron chi connectivity index (χ3n) is 4.37. The van der Waals surface area contributed by atoms with Crippen molar-refractivity contribution in [3.05, 3.63) is 71.3 Å². The molecule has 1 heterocycles. The van der Waals surface area contributed by atoms with E-state index < -0.39 is 0 Å². The van der Waals surface area contributed by atoms with Crippen molar-refractivity contribution >= 4 is 11.4 Å². The van der Waals surface area contributed by atoms with Gasteiger partial charge in [-0.15, -0.1) is 0 Å². The summed E-state index contributed by atoms with van der Waals surface area (Å²) >= 11 is 0. The lowest BCUT2D eigenvalue weighted by Gasteiger charge is -2.35. The fourth-order valence-electron chi connectivity index (χ4n) is 3.59. The summed E-state index contributed by atoms with van der Waals surface area (Å²) in [6.07, 6.45) is 0. The molecule has 0 saturated carbocycles. The molecule has 0 bridgehead atoms. The maximum atomic E-state index is 4.38. The monoisotopic (exact) mass is 263 g/mol. The van der Waals surface area contributed by atoms with Crippen LogP contribution < -0.4 is 4.90 Å². The van der Waals surface area contributed by atoms with Gasteiger partial charge in [-0.3, -0.25) is 0 Å². The largest absolute Gasteiger partial charge is 0.332 e. The molecule has 2 aromatic carbocycles. The Morgan fingerprint density at radius 3 is 2.10 bits per heavy atom. The molecule has 20 heavy (non-hydrogen) atoms. The Balaban J connectivity index is 2.26. The van der Waals surface area contributed by atoms with Gasteiger partial charge in [-0.05, 0) is 56.5 Å². The average Bonchev–Trinajstić information content (AvgIpc) is 2.63. The second-order valence-corrected chi connectivity index (χ2v) is 6.13. The van der Waals surface area contributed by atoms with E-state index in [0.29, 0.717) is 0 Å². The number of nitrogens with zero attached hydrogens (tertiary/aromatic N) is 1. The lowest BCUT2D eigenvalue weighted by Crippen LogP contribution is -2.34. The van der Waals surface area contributed by atoms with Crippen molar-refractivity contribution in [2.75, 3.05) is 4.90 Å². The number of aryl methyl sites for hydroxylation is 2. The van der Waals surface area contributed by atoms with Crippen molar-refractivity contribution in [3.63, 3.8) is 0 Å². The van der Waals surface area contributed by atoms with Gasteiger partial charge in [0.25, 0.3) is 0 Å². The highest BCUT2D eigenvalue weighted by Gasteiger charge is 2.41. The molecule has 1 aliphatic rings. The van der Waals surface area contributed by atoms with E-state index in [1.165, 1.54) is 27.9 Å². The van der Waals surface area contributed by atoms with E-state index in [1.807, 2.05) is 0 Å². The maximum absolute atomic E-state index is 4.38. The molecule has 2 aromatic rings. The van der Waals surface area contributed by atoms with Gasteiger partial charge >= 0.3 is 0 Å². The third kappa shape index (κ3) is 1.62. The molecule has 0 N–H and O–H groups in total. The average molecular weight is 263 g/mol. The zero-order valence-electron chi connectivity index (χ0n) is 12.7. The first kappa shape index (κ1) is 13.0. The molecule has 3 rings (SSSR count). The van der Waals surface area contributed by atoms with Crippen molar-refractivity contribution in [1.82, 2.24) is 0 Å². The maximum Gasteiger partial charge on any atom is 0.0655 e. The first-order valence-corrected chi connectivity index (χ1v) is 7.10. The highest BCUT2D eigenvalue weighted by atomic mass is 15.2. The van der Waals surface area contributed by atoms with Gasteiger partial charge in [0.1, 0.15) is 0 Å². The molecule has 0 saturated heterocycles. The summed E-state index contributed by atoms with van der Waals surface area (Å²) in [6, 6.07) is 15.0. The fourth-order valence-corrected chi connectivity index (χ4v) is 3.59. The Morgan fingerprint density at radius 1 is 0.900 bits per heavy atom. The predicted molar refractivity (Wildman–Crippen MR) is 86.9 cm³/mol. The minimum Gasteiger partial charge on any atom is -0.332 e. The van der Waals surface area contributed by atoms with Crippen LogP contribution in [0.3, 0.4) is 0 Å². The van der Waals surface area contributed by atoms with E-state index in [-0.39, 0.29) is 5.54 Å². The van der Waals surface area contributed by atoms with Crippen molar-refractivity contribution in [2.24, 2.45) is 0 Å². The van der Waals surface area contributed by atoms with Crippen LogP contribution in [0.1, 0.15) is 36.1 Å². The zero-order valence-corrected chi connectivity index (χ0v) is 12.7. The molecule has 0 amide bonds. The Kier molecular flexibility index (Phi) is 2.75. The first-order valence-electron chi connectivity index (χ1n) is 7.10. The summed E-state index contributed by atoms with van der Waals surface area (Å²) in [4.78, 5) is 2.36. The summed E-state index contributed by atoms with van der Waals surface area (Å²) in [6.45, 7) is 13.3. The van der Waals surface area contributed by atoms with E-state index in [1.54, 1.807) is 0 Å². The second-order valence-electron chi connectivity index (χ2n) is 6.13. The zero-order chi connectivity index (χ0) is 14.5. The lowest BCUT2D eigenvalue weighted by molar-refractivity contribution is 0.556.